The largest absolute Gasteiger partial charge is 0.352 e. The third kappa shape index (κ3) is 3.16. The Labute approximate surface area is 135 Å². The molecule has 0 spiro atoms. The second-order valence-electron chi connectivity index (χ2n) is 6.56. The maximum absolute atomic E-state index is 12.3. The maximum atomic E-state index is 12.3. The fourth-order valence-electron chi connectivity index (χ4n) is 3.76. The van der Waals surface area contributed by atoms with Crippen LogP contribution in [0.15, 0.2) is 22.7 Å². The monoisotopic (exact) mass is 350 g/mol. The molecule has 1 amide bonds. The first-order valence-corrected chi connectivity index (χ1v) is 8.60. The quantitative estimate of drug-likeness (QED) is 0.906. The minimum absolute atomic E-state index is 0.0435. The van der Waals surface area contributed by atoms with E-state index in [1.54, 1.807) is 0 Å². The number of hydrogen-bond donors (Lipinski definition) is 1. The molecule has 2 aliphatic heterocycles. The van der Waals surface area contributed by atoms with Crippen LogP contribution in [0.2, 0.25) is 0 Å². The normalized spacial score (nSPS) is 28.6. The van der Waals surface area contributed by atoms with Gasteiger partial charge >= 0.3 is 0 Å². The SMILES string of the molecule is Cc1ccc(C(=O)NCC2CC3CCC(C2)N3C)cc1Br. The highest BCUT2D eigenvalue weighted by atomic mass is 79.9. The van der Waals surface area contributed by atoms with Crippen molar-refractivity contribution in [3.8, 4) is 0 Å². The predicted molar refractivity (Wildman–Crippen MR) is 88.5 cm³/mol. The Hall–Kier alpha value is -0.870. The summed E-state index contributed by atoms with van der Waals surface area (Å²) < 4.78 is 0.993. The van der Waals surface area contributed by atoms with Crippen molar-refractivity contribution in [1.29, 1.82) is 0 Å². The van der Waals surface area contributed by atoms with Crippen molar-refractivity contribution < 1.29 is 4.79 Å². The molecule has 1 N–H and O–H groups in total. The average Bonchev–Trinajstić information content (AvgIpc) is 2.69. The zero-order valence-electron chi connectivity index (χ0n) is 12.7. The van der Waals surface area contributed by atoms with Crippen molar-refractivity contribution >= 4 is 21.8 Å². The molecule has 2 fully saturated rings. The third-order valence-electron chi connectivity index (χ3n) is 5.18. The van der Waals surface area contributed by atoms with Crippen LogP contribution in [0, 0.1) is 12.8 Å². The van der Waals surface area contributed by atoms with Crippen LogP contribution in [0.25, 0.3) is 0 Å². The number of hydrogen-bond acceptors (Lipinski definition) is 2. The van der Waals surface area contributed by atoms with E-state index in [9.17, 15) is 4.79 Å². The zero-order chi connectivity index (χ0) is 15.0. The molecule has 0 aromatic heterocycles. The lowest BCUT2D eigenvalue weighted by molar-refractivity contribution is 0.0917. The van der Waals surface area contributed by atoms with Crippen LogP contribution in [0.5, 0.6) is 0 Å². The van der Waals surface area contributed by atoms with E-state index < -0.39 is 0 Å². The summed E-state index contributed by atoms with van der Waals surface area (Å²) >= 11 is 3.49. The first-order valence-electron chi connectivity index (χ1n) is 7.81. The highest BCUT2D eigenvalue weighted by Crippen LogP contribution is 2.37. The molecule has 3 rings (SSSR count). The molecule has 0 saturated carbocycles. The van der Waals surface area contributed by atoms with Crippen LogP contribution in [0.1, 0.15) is 41.6 Å². The summed E-state index contributed by atoms with van der Waals surface area (Å²) in [5.41, 5.74) is 1.89. The van der Waals surface area contributed by atoms with Gasteiger partial charge in [0.05, 0.1) is 0 Å². The number of fused-ring (bicyclic) bond motifs is 2. The lowest BCUT2D eigenvalue weighted by Gasteiger charge is -2.36. The molecular formula is C17H23BrN2O. The number of piperidine rings is 1. The van der Waals surface area contributed by atoms with Crippen molar-refractivity contribution in [2.24, 2.45) is 5.92 Å². The van der Waals surface area contributed by atoms with Gasteiger partial charge in [0.25, 0.3) is 5.91 Å². The van der Waals surface area contributed by atoms with Gasteiger partial charge in [-0.2, -0.15) is 0 Å². The molecule has 2 atom stereocenters. The van der Waals surface area contributed by atoms with Crippen molar-refractivity contribution in [1.82, 2.24) is 10.2 Å². The highest BCUT2D eigenvalue weighted by molar-refractivity contribution is 9.10. The van der Waals surface area contributed by atoms with Crippen molar-refractivity contribution in [2.75, 3.05) is 13.6 Å². The van der Waals surface area contributed by atoms with E-state index in [-0.39, 0.29) is 5.91 Å². The minimum Gasteiger partial charge on any atom is -0.352 e. The third-order valence-corrected chi connectivity index (χ3v) is 6.04. The lowest BCUT2D eigenvalue weighted by atomic mass is 9.91. The lowest BCUT2D eigenvalue weighted by Crippen LogP contribution is -2.43. The fourth-order valence-corrected chi connectivity index (χ4v) is 4.14. The second kappa shape index (κ2) is 6.09. The van der Waals surface area contributed by atoms with Crippen LogP contribution in [-0.2, 0) is 0 Å². The first kappa shape index (κ1) is 15.0. The standard InChI is InChI=1S/C17H23BrN2O/c1-11-3-4-13(9-16(11)18)17(21)19-10-12-7-14-5-6-15(8-12)20(14)2/h3-4,9,12,14-15H,5-8,10H2,1-2H3,(H,19,21). The highest BCUT2D eigenvalue weighted by Gasteiger charge is 2.38. The fraction of sp³-hybridized carbons (Fsp3) is 0.588. The van der Waals surface area contributed by atoms with E-state index >= 15 is 0 Å². The second-order valence-corrected chi connectivity index (χ2v) is 7.42. The van der Waals surface area contributed by atoms with Crippen LogP contribution in [0.4, 0.5) is 0 Å². The van der Waals surface area contributed by atoms with E-state index in [2.05, 4.69) is 33.2 Å². The Morgan fingerprint density at radius 2 is 2.00 bits per heavy atom. The van der Waals surface area contributed by atoms with Gasteiger partial charge in [-0.25, -0.2) is 0 Å². The Kier molecular flexibility index (Phi) is 4.36. The van der Waals surface area contributed by atoms with E-state index in [0.29, 0.717) is 5.92 Å². The molecule has 1 aromatic rings. The first-order chi connectivity index (χ1) is 10.0. The van der Waals surface area contributed by atoms with Gasteiger partial charge in [0.1, 0.15) is 0 Å². The number of nitrogens with zero attached hydrogens (tertiary/aromatic N) is 1. The number of amides is 1. The zero-order valence-corrected chi connectivity index (χ0v) is 14.3. The number of halogens is 1. The summed E-state index contributed by atoms with van der Waals surface area (Å²) in [7, 11) is 2.25. The summed E-state index contributed by atoms with van der Waals surface area (Å²) in [6.45, 7) is 2.84. The molecule has 21 heavy (non-hydrogen) atoms. The molecule has 4 heteroatoms. The molecular weight excluding hydrogens is 328 g/mol. The molecule has 3 nitrogen and oxygen atoms in total. The van der Waals surface area contributed by atoms with E-state index in [4.69, 9.17) is 0 Å². The minimum atomic E-state index is 0.0435. The number of carbonyl (C=O) groups is 1. The average molecular weight is 351 g/mol. The molecule has 0 aliphatic carbocycles. The maximum Gasteiger partial charge on any atom is 0.251 e. The Morgan fingerprint density at radius 3 is 2.62 bits per heavy atom. The molecule has 0 radical (unpaired) electrons. The molecule has 1 aromatic carbocycles. The Morgan fingerprint density at radius 1 is 1.33 bits per heavy atom. The van der Waals surface area contributed by atoms with Gasteiger partial charge in [-0.15, -0.1) is 0 Å². The van der Waals surface area contributed by atoms with E-state index in [1.807, 2.05) is 25.1 Å². The van der Waals surface area contributed by atoms with Crippen molar-refractivity contribution in [2.45, 2.75) is 44.7 Å². The summed E-state index contributed by atoms with van der Waals surface area (Å²) in [6, 6.07) is 7.25. The van der Waals surface area contributed by atoms with E-state index in [0.717, 1.165) is 34.2 Å². The van der Waals surface area contributed by atoms with Gasteiger partial charge in [0.15, 0.2) is 0 Å². The summed E-state index contributed by atoms with van der Waals surface area (Å²) in [5, 5.41) is 3.12. The molecule has 2 aliphatic rings. The van der Waals surface area contributed by atoms with E-state index in [1.165, 1.54) is 25.7 Å². The Bertz CT molecular complexity index is 532. The smallest absolute Gasteiger partial charge is 0.251 e. The van der Waals surface area contributed by atoms with Gasteiger partial charge in [0, 0.05) is 28.7 Å². The van der Waals surface area contributed by atoms with Gasteiger partial charge in [-0.3, -0.25) is 4.79 Å². The summed E-state index contributed by atoms with van der Waals surface area (Å²) in [6.07, 6.45) is 5.11. The predicted octanol–water partition coefficient (Wildman–Crippen LogP) is 3.36. The number of nitrogens with one attached hydrogen (secondary N) is 1. The van der Waals surface area contributed by atoms with Gasteiger partial charge in [-0.05, 0) is 63.3 Å². The molecule has 2 unspecified atom stereocenters. The van der Waals surface area contributed by atoms with Gasteiger partial charge in [0.2, 0.25) is 0 Å². The number of aryl methyl sites for hydroxylation is 1. The molecule has 2 heterocycles. The summed E-state index contributed by atoms with van der Waals surface area (Å²) in [5.74, 6) is 0.679. The van der Waals surface area contributed by atoms with Crippen molar-refractivity contribution in [3.63, 3.8) is 0 Å². The Balaban J connectivity index is 1.55. The van der Waals surface area contributed by atoms with Crippen LogP contribution in [-0.4, -0.2) is 36.5 Å². The summed E-state index contributed by atoms with van der Waals surface area (Å²) in [4.78, 5) is 14.8. The van der Waals surface area contributed by atoms with Gasteiger partial charge in [-0.1, -0.05) is 22.0 Å². The van der Waals surface area contributed by atoms with Gasteiger partial charge < -0.3 is 10.2 Å². The van der Waals surface area contributed by atoms with Crippen LogP contribution in [0.3, 0.4) is 0 Å². The number of carbonyl (C=O) groups excluding carboxylic acids is 1. The topological polar surface area (TPSA) is 32.3 Å². The number of benzene rings is 1. The number of rotatable bonds is 3. The molecule has 114 valence electrons. The van der Waals surface area contributed by atoms with Crippen LogP contribution >= 0.6 is 15.9 Å². The molecule has 2 bridgehead atoms. The molecule has 2 saturated heterocycles. The van der Waals surface area contributed by atoms with Crippen LogP contribution < -0.4 is 5.32 Å². The van der Waals surface area contributed by atoms with Crippen molar-refractivity contribution in [3.05, 3.63) is 33.8 Å².